The topological polar surface area (TPSA) is 56.8 Å². The summed E-state index contributed by atoms with van der Waals surface area (Å²) in [6, 6.07) is 21.5. The van der Waals surface area contributed by atoms with Gasteiger partial charge in [-0.2, -0.15) is 0 Å². The van der Waals surface area contributed by atoms with Crippen LogP contribution in [0.4, 0.5) is 5.69 Å². The fourth-order valence-corrected chi connectivity index (χ4v) is 3.68. The molecule has 5 heteroatoms. The predicted molar refractivity (Wildman–Crippen MR) is 131 cm³/mol. The molecule has 4 rings (SSSR count). The molecule has 0 aliphatic carbocycles. The van der Waals surface area contributed by atoms with Crippen molar-refractivity contribution in [2.75, 3.05) is 25.6 Å². The fraction of sp³-hybridized carbons (Fsp3) is 0.250. The highest BCUT2D eigenvalue weighted by Gasteiger charge is 2.16. The van der Waals surface area contributed by atoms with Crippen molar-refractivity contribution < 1.29 is 19.0 Å². The Bertz CT molecular complexity index is 1160. The number of hydrogen-bond donors (Lipinski definition) is 1. The van der Waals surface area contributed by atoms with Crippen LogP contribution in [0, 0.1) is 0 Å². The number of fused-ring (bicyclic) bond motifs is 1. The van der Waals surface area contributed by atoms with Crippen molar-refractivity contribution in [1.82, 2.24) is 0 Å². The van der Waals surface area contributed by atoms with Gasteiger partial charge in [0.2, 0.25) is 5.91 Å². The summed E-state index contributed by atoms with van der Waals surface area (Å²) in [4.78, 5) is 13.0. The normalized spacial score (nSPS) is 13.4. The maximum absolute atomic E-state index is 13.0. The van der Waals surface area contributed by atoms with Gasteiger partial charge in [0, 0.05) is 17.8 Å². The molecule has 0 aromatic heterocycles. The van der Waals surface area contributed by atoms with Gasteiger partial charge in [0.15, 0.2) is 11.5 Å². The Morgan fingerprint density at radius 2 is 1.48 bits per heavy atom. The first-order chi connectivity index (χ1) is 15.8. The van der Waals surface area contributed by atoms with Crippen molar-refractivity contribution in [3.05, 3.63) is 89.5 Å². The number of benzene rings is 3. The molecule has 0 radical (unpaired) electrons. The summed E-state index contributed by atoms with van der Waals surface area (Å²) in [5.74, 6) is 1.86. The zero-order valence-corrected chi connectivity index (χ0v) is 19.5. The van der Waals surface area contributed by atoms with Gasteiger partial charge in [0.1, 0.15) is 19.0 Å². The van der Waals surface area contributed by atoms with Crippen LogP contribution in [0.15, 0.2) is 72.8 Å². The van der Waals surface area contributed by atoms with Crippen LogP contribution in [0.3, 0.4) is 0 Å². The number of amides is 1. The Labute approximate surface area is 195 Å². The van der Waals surface area contributed by atoms with Crippen molar-refractivity contribution in [1.29, 1.82) is 0 Å². The highest BCUT2D eigenvalue weighted by Crippen LogP contribution is 2.33. The summed E-state index contributed by atoms with van der Waals surface area (Å²) in [5, 5.41) is 2.94. The molecule has 1 heterocycles. The molecule has 33 heavy (non-hydrogen) atoms. The van der Waals surface area contributed by atoms with E-state index < -0.39 is 0 Å². The second kappa shape index (κ2) is 9.41. The zero-order chi connectivity index (χ0) is 23.4. The Morgan fingerprint density at radius 1 is 0.879 bits per heavy atom. The Hall–Kier alpha value is -3.73. The molecule has 5 nitrogen and oxygen atoms in total. The Morgan fingerprint density at radius 3 is 2.09 bits per heavy atom. The zero-order valence-electron chi connectivity index (χ0n) is 19.5. The molecule has 0 fully saturated rings. The minimum atomic E-state index is -0.225. The number of rotatable bonds is 5. The van der Waals surface area contributed by atoms with E-state index in [9.17, 15) is 4.79 Å². The monoisotopic (exact) mass is 443 g/mol. The van der Waals surface area contributed by atoms with E-state index >= 15 is 0 Å². The quantitative estimate of drug-likeness (QED) is 0.504. The van der Waals surface area contributed by atoms with Gasteiger partial charge in [-0.3, -0.25) is 4.79 Å². The maximum Gasteiger partial charge on any atom is 0.249 e. The average Bonchev–Trinajstić information content (AvgIpc) is 2.82. The van der Waals surface area contributed by atoms with Gasteiger partial charge in [0.05, 0.1) is 7.11 Å². The smallest absolute Gasteiger partial charge is 0.249 e. The van der Waals surface area contributed by atoms with Crippen LogP contribution in [0.2, 0.25) is 0 Å². The molecule has 3 aromatic rings. The maximum atomic E-state index is 13.0. The molecule has 0 atom stereocenters. The first-order valence-electron chi connectivity index (χ1n) is 11.0. The van der Waals surface area contributed by atoms with Crippen molar-refractivity contribution in [3.63, 3.8) is 0 Å². The van der Waals surface area contributed by atoms with E-state index in [-0.39, 0.29) is 11.3 Å². The highest BCUT2D eigenvalue weighted by atomic mass is 16.6. The first kappa shape index (κ1) is 22.5. The van der Waals surface area contributed by atoms with Crippen molar-refractivity contribution >= 4 is 17.2 Å². The number of hydrogen-bond acceptors (Lipinski definition) is 4. The summed E-state index contributed by atoms with van der Waals surface area (Å²) < 4.78 is 16.5. The number of methoxy groups -OCH3 is 1. The van der Waals surface area contributed by atoms with Crippen molar-refractivity contribution in [2.45, 2.75) is 26.2 Å². The van der Waals surface area contributed by atoms with Crippen molar-refractivity contribution in [3.8, 4) is 17.2 Å². The second-order valence-electron chi connectivity index (χ2n) is 8.96. The lowest BCUT2D eigenvalue weighted by Crippen LogP contribution is -2.16. The highest BCUT2D eigenvalue weighted by molar-refractivity contribution is 6.06. The van der Waals surface area contributed by atoms with Gasteiger partial charge in [-0.1, -0.05) is 57.2 Å². The molecule has 0 spiro atoms. The molecular formula is C28H29NO4. The van der Waals surface area contributed by atoms with Crippen LogP contribution < -0.4 is 19.5 Å². The lowest BCUT2D eigenvalue weighted by molar-refractivity contribution is -0.111. The second-order valence-corrected chi connectivity index (χ2v) is 8.96. The minimum Gasteiger partial charge on any atom is -0.497 e. The molecule has 1 amide bonds. The van der Waals surface area contributed by atoms with E-state index in [1.807, 2.05) is 36.4 Å². The summed E-state index contributed by atoms with van der Waals surface area (Å²) in [7, 11) is 1.64. The number of carbonyl (C=O) groups excluding carboxylic acids is 1. The van der Waals surface area contributed by atoms with E-state index in [4.69, 9.17) is 14.2 Å². The lowest BCUT2D eigenvalue weighted by Gasteiger charge is -2.20. The lowest BCUT2D eigenvalue weighted by atomic mass is 9.85. The third-order valence-corrected chi connectivity index (χ3v) is 5.55. The molecule has 0 saturated heterocycles. The number of anilines is 1. The van der Waals surface area contributed by atoms with Crippen molar-refractivity contribution in [2.24, 2.45) is 0 Å². The van der Waals surface area contributed by atoms with Crippen LogP contribution in [-0.2, 0) is 10.2 Å². The molecule has 170 valence electrons. The predicted octanol–water partition coefficient (Wildman–Crippen LogP) is 5.83. The van der Waals surface area contributed by atoms with Gasteiger partial charge >= 0.3 is 0 Å². The molecule has 1 N–H and O–H groups in total. The van der Waals surface area contributed by atoms with Gasteiger partial charge in [-0.05, 0) is 51.9 Å². The van der Waals surface area contributed by atoms with Crippen LogP contribution in [0.25, 0.3) is 5.57 Å². The van der Waals surface area contributed by atoms with Crippen LogP contribution >= 0.6 is 0 Å². The Balaban J connectivity index is 1.65. The molecule has 1 aliphatic heterocycles. The van der Waals surface area contributed by atoms with E-state index in [1.54, 1.807) is 19.3 Å². The van der Waals surface area contributed by atoms with E-state index in [0.29, 0.717) is 30.4 Å². The average molecular weight is 444 g/mol. The fourth-order valence-electron chi connectivity index (χ4n) is 3.68. The summed E-state index contributed by atoms with van der Waals surface area (Å²) in [5.41, 5.74) is 4.66. The summed E-state index contributed by atoms with van der Waals surface area (Å²) in [6.45, 7) is 7.58. The number of ether oxygens (including phenoxy) is 3. The minimum absolute atomic E-state index is 0.0537. The SMILES string of the molecule is COc1ccc(/C(=C\C(=O)Nc2ccc3c(c2)OCCO3)c2ccc(C(C)(C)C)cc2)cc1. The van der Waals surface area contributed by atoms with Gasteiger partial charge in [-0.25, -0.2) is 0 Å². The Kier molecular flexibility index (Phi) is 6.40. The molecule has 3 aromatic carbocycles. The van der Waals surface area contributed by atoms with Crippen LogP contribution in [0.5, 0.6) is 17.2 Å². The molecular weight excluding hydrogens is 414 g/mol. The van der Waals surface area contributed by atoms with Crippen LogP contribution in [0.1, 0.15) is 37.5 Å². The number of nitrogens with one attached hydrogen (secondary N) is 1. The molecule has 0 bridgehead atoms. The largest absolute Gasteiger partial charge is 0.497 e. The van der Waals surface area contributed by atoms with E-state index in [0.717, 1.165) is 22.4 Å². The van der Waals surface area contributed by atoms with Crippen LogP contribution in [-0.4, -0.2) is 26.2 Å². The third kappa shape index (κ3) is 5.37. The molecule has 1 aliphatic rings. The first-order valence-corrected chi connectivity index (χ1v) is 11.0. The van der Waals surface area contributed by atoms with E-state index in [1.165, 1.54) is 5.56 Å². The van der Waals surface area contributed by atoms with Gasteiger partial charge < -0.3 is 19.5 Å². The van der Waals surface area contributed by atoms with E-state index in [2.05, 4.69) is 50.4 Å². The standard InChI is InChI=1S/C28H29NO4/c1-28(2,3)21-9-5-19(6-10-21)24(20-7-12-23(31-4)13-8-20)18-27(30)29-22-11-14-25-26(17-22)33-16-15-32-25/h5-14,17-18H,15-16H2,1-4H3,(H,29,30)/b24-18-. The number of carbonyl (C=O) groups is 1. The third-order valence-electron chi connectivity index (χ3n) is 5.55. The van der Waals surface area contributed by atoms with Gasteiger partial charge in [0.25, 0.3) is 0 Å². The molecule has 0 unspecified atom stereocenters. The van der Waals surface area contributed by atoms with Gasteiger partial charge in [-0.15, -0.1) is 0 Å². The summed E-state index contributed by atoms with van der Waals surface area (Å²) >= 11 is 0. The molecule has 0 saturated carbocycles. The summed E-state index contributed by atoms with van der Waals surface area (Å²) in [6.07, 6.45) is 1.63.